The molecule has 0 aromatic heterocycles. The molecule has 100 valence electrons. The van der Waals surface area contributed by atoms with Crippen molar-refractivity contribution in [2.24, 2.45) is 11.7 Å². The normalized spacial score (nSPS) is 26.4. The van der Waals surface area contributed by atoms with Crippen molar-refractivity contribution in [1.29, 1.82) is 0 Å². The van der Waals surface area contributed by atoms with Crippen LogP contribution in [0.4, 0.5) is 0 Å². The van der Waals surface area contributed by atoms with E-state index in [2.05, 4.69) is 0 Å². The average molecular weight is 278 g/mol. The van der Waals surface area contributed by atoms with Gasteiger partial charge in [0.1, 0.15) is 5.92 Å². The molecule has 1 aromatic carbocycles. The van der Waals surface area contributed by atoms with Crippen molar-refractivity contribution < 1.29 is 9.53 Å². The van der Waals surface area contributed by atoms with Gasteiger partial charge in [-0.05, 0) is 18.1 Å². The first-order valence-corrected chi connectivity index (χ1v) is 6.36. The summed E-state index contributed by atoms with van der Waals surface area (Å²) in [6, 6.07) is 9.65. The maximum atomic E-state index is 11.9. The molecule has 4 heteroatoms. The fourth-order valence-electron chi connectivity index (χ4n) is 2.19. The minimum Gasteiger partial charge on any atom is -0.468 e. The van der Waals surface area contributed by atoms with Gasteiger partial charge in [-0.1, -0.05) is 54.1 Å². The lowest BCUT2D eigenvalue weighted by atomic mass is 9.79. The topological polar surface area (TPSA) is 52.3 Å². The first-order valence-electron chi connectivity index (χ1n) is 5.98. The zero-order chi connectivity index (χ0) is 14.0. The van der Waals surface area contributed by atoms with Gasteiger partial charge in [-0.3, -0.25) is 4.79 Å². The van der Waals surface area contributed by atoms with Gasteiger partial charge < -0.3 is 10.5 Å². The molecule has 0 aliphatic heterocycles. The molecule has 0 spiro atoms. The number of ether oxygens (including phenoxy) is 1. The molecule has 1 aromatic rings. The molecule has 0 heterocycles. The van der Waals surface area contributed by atoms with Gasteiger partial charge in [-0.15, -0.1) is 0 Å². The van der Waals surface area contributed by atoms with E-state index < -0.39 is 17.4 Å². The van der Waals surface area contributed by atoms with Crippen LogP contribution in [0.5, 0.6) is 0 Å². The van der Waals surface area contributed by atoms with Crippen LogP contribution in [-0.2, 0) is 9.53 Å². The molecule has 0 radical (unpaired) electrons. The Morgan fingerprint density at radius 1 is 1.37 bits per heavy atom. The Morgan fingerprint density at radius 3 is 2.58 bits per heavy atom. The molecule has 2 unspecified atom stereocenters. The second-order valence-corrected chi connectivity index (χ2v) is 5.19. The number of hydrogen-bond donors (Lipinski definition) is 1. The number of hydrogen-bond acceptors (Lipinski definition) is 3. The van der Waals surface area contributed by atoms with Crippen LogP contribution in [0, 0.1) is 5.92 Å². The predicted molar refractivity (Wildman–Crippen MR) is 76.5 cm³/mol. The van der Waals surface area contributed by atoms with Gasteiger partial charge in [0.2, 0.25) is 0 Å². The van der Waals surface area contributed by atoms with Gasteiger partial charge in [-0.25, -0.2) is 0 Å². The minimum absolute atomic E-state index is 0.422. The number of allylic oxidation sites excluding steroid dienone is 2. The Labute approximate surface area is 117 Å². The molecule has 0 fully saturated rings. The summed E-state index contributed by atoms with van der Waals surface area (Å²) < 4.78 is 4.81. The summed E-state index contributed by atoms with van der Waals surface area (Å²) in [5.74, 6) is -1.10. The van der Waals surface area contributed by atoms with Crippen molar-refractivity contribution in [3.8, 4) is 0 Å². The minimum atomic E-state index is -0.845. The molecule has 0 saturated heterocycles. The second kappa shape index (κ2) is 5.19. The van der Waals surface area contributed by atoms with Crippen LogP contribution in [0.3, 0.4) is 0 Å². The van der Waals surface area contributed by atoms with E-state index in [-0.39, 0.29) is 0 Å². The molecule has 2 atom stereocenters. The van der Waals surface area contributed by atoms with Gasteiger partial charge in [0.25, 0.3) is 0 Å². The van der Waals surface area contributed by atoms with Crippen LogP contribution < -0.4 is 5.73 Å². The highest BCUT2D eigenvalue weighted by Gasteiger charge is 2.40. The summed E-state index contributed by atoms with van der Waals surface area (Å²) in [6.07, 6.45) is 3.65. The number of rotatable bonds is 2. The first kappa shape index (κ1) is 13.8. The summed E-state index contributed by atoms with van der Waals surface area (Å²) in [4.78, 5) is 11.9. The van der Waals surface area contributed by atoms with E-state index in [9.17, 15) is 4.79 Å². The van der Waals surface area contributed by atoms with Crippen LogP contribution in [0.1, 0.15) is 12.5 Å². The second-order valence-electron chi connectivity index (χ2n) is 4.78. The van der Waals surface area contributed by atoms with E-state index in [1.54, 1.807) is 13.0 Å². The van der Waals surface area contributed by atoms with E-state index in [4.69, 9.17) is 22.1 Å². The lowest BCUT2D eigenvalue weighted by Crippen LogP contribution is -2.48. The number of halogens is 1. The number of carbonyl (C=O) groups excluding carboxylic acids is 1. The van der Waals surface area contributed by atoms with E-state index >= 15 is 0 Å². The molecule has 0 bridgehead atoms. The standard InChI is InChI=1S/C15H16ClNO2/c1-15(17)9-8-11(10-6-4-3-5-7-10)13(16)12(15)14(18)19-2/h3-9,12H,17H2,1-2H3. The van der Waals surface area contributed by atoms with Crippen molar-refractivity contribution in [3.05, 3.63) is 53.1 Å². The molecule has 1 aliphatic rings. The number of carbonyl (C=O) groups is 1. The lowest BCUT2D eigenvalue weighted by Gasteiger charge is -2.33. The van der Waals surface area contributed by atoms with Crippen LogP contribution in [0.25, 0.3) is 5.57 Å². The highest BCUT2D eigenvalue weighted by Crippen LogP contribution is 2.38. The van der Waals surface area contributed by atoms with Crippen molar-refractivity contribution in [3.63, 3.8) is 0 Å². The maximum absolute atomic E-state index is 11.9. The number of methoxy groups -OCH3 is 1. The van der Waals surface area contributed by atoms with Gasteiger partial charge in [0.05, 0.1) is 7.11 Å². The molecule has 2 rings (SSSR count). The molecule has 0 amide bonds. The lowest BCUT2D eigenvalue weighted by molar-refractivity contribution is -0.145. The Bertz CT molecular complexity index is 547. The Kier molecular flexibility index (Phi) is 3.78. The highest BCUT2D eigenvalue weighted by molar-refractivity contribution is 6.35. The quantitative estimate of drug-likeness (QED) is 0.846. The molecule has 19 heavy (non-hydrogen) atoms. The van der Waals surface area contributed by atoms with E-state index in [1.807, 2.05) is 36.4 Å². The number of esters is 1. The third-order valence-corrected chi connectivity index (χ3v) is 3.69. The number of nitrogens with two attached hydrogens (primary N) is 1. The largest absolute Gasteiger partial charge is 0.468 e. The van der Waals surface area contributed by atoms with Gasteiger partial charge in [0.15, 0.2) is 0 Å². The average Bonchev–Trinajstić information content (AvgIpc) is 2.39. The molecular formula is C15H16ClNO2. The van der Waals surface area contributed by atoms with Crippen LogP contribution in [0.2, 0.25) is 0 Å². The summed E-state index contributed by atoms with van der Waals surface area (Å²) in [5, 5.41) is 0.422. The zero-order valence-corrected chi connectivity index (χ0v) is 11.6. The molecule has 2 N–H and O–H groups in total. The Hall–Kier alpha value is -1.58. The van der Waals surface area contributed by atoms with Crippen molar-refractivity contribution >= 4 is 23.1 Å². The van der Waals surface area contributed by atoms with E-state index in [0.717, 1.165) is 11.1 Å². The third-order valence-electron chi connectivity index (χ3n) is 3.26. The summed E-state index contributed by atoms with van der Waals surface area (Å²) >= 11 is 6.39. The molecular weight excluding hydrogens is 262 g/mol. The van der Waals surface area contributed by atoms with Crippen LogP contribution >= 0.6 is 11.6 Å². The van der Waals surface area contributed by atoms with Crippen molar-refractivity contribution in [2.45, 2.75) is 12.5 Å². The summed E-state index contributed by atoms with van der Waals surface area (Å²) in [6.45, 7) is 1.76. The summed E-state index contributed by atoms with van der Waals surface area (Å²) in [5.41, 5.74) is 7.04. The molecule has 1 aliphatic carbocycles. The first-order chi connectivity index (χ1) is 8.97. The molecule has 3 nitrogen and oxygen atoms in total. The maximum Gasteiger partial charge on any atom is 0.316 e. The number of benzene rings is 1. The molecule has 0 saturated carbocycles. The van der Waals surface area contributed by atoms with Crippen LogP contribution in [-0.4, -0.2) is 18.6 Å². The Morgan fingerprint density at radius 2 is 2.00 bits per heavy atom. The van der Waals surface area contributed by atoms with Crippen molar-refractivity contribution in [1.82, 2.24) is 0 Å². The predicted octanol–water partition coefficient (Wildman–Crippen LogP) is 2.71. The fraction of sp³-hybridized carbons (Fsp3) is 0.267. The Balaban J connectivity index is 2.51. The fourth-order valence-corrected chi connectivity index (χ4v) is 2.69. The zero-order valence-electron chi connectivity index (χ0n) is 10.9. The van der Waals surface area contributed by atoms with Gasteiger partial charge in [0, 0.05) is 10.6 Å². The third kappa shape index (κ3) is 2.57. The smallest absolute Gasteiger partial charge is 0.316 e. The SMILES string of the molecule is COC(=O)C1C(Cl)=C(c2ccccc2)C=CC1(C)N. The summed E-state index contributed by atoms with van der Waals surface area (Å²) in [7, 11) is 1.34. The van der Waals surface area contributed by atoms with Gasteiger partial charge in [-0.2, -0.15) is 0 Å². The van der Waals surface area contributed by atoms with Gasteiger partial charge >= 0.3 is 5.97 Å². The van der Waals surface area contributed by atoms with E-state index in [0.29, 0.717) is 5.03 Å². The van der Waals surface area contributed by atoms with Crippen molar-refractivity contribution in [2.75, 3.05) is 7.11 Å². The monoisotopic (exact) mass is 277 g/mol. The van der Waals surface area contributed by atoms with E-state index in [1.165, 1.54) is 7.11 Å². The highest BCUT2D eigenvalue weighted by atomic mass is 35.5. The van der Waals surface area contributed by atoms with Crippen LogP contribution in [0.15, 0.2) is 47.5 Å².